The molecule has 0 aromatic heterocycles. The second-order valence-electron chi connectivity index (χ2n) is 6.57. The monoisotopic (exact) mass is 318 g/mol. The van der Waals surface area contributed by atoms with Crippen LogP contribution in [0.15, 0.2) is 18.2 Å². The topological polar surface area (TPSA) is 42.0 Å². The zero-order valence-electron chi connectivity index (χ0n) is 14.2. The average molecular weight is 318 g/mol. The lowest BCUT2D eigenvalue weighted by Crippen LogP contribution is -2.39. The van der Waals surface area contributed by atoms with E-state index < -0.39 is 0 Å². The lowest BCUT2D eigenvalue weighted by molar-refractivity contribution is -0.149. The molecule has 1 aromatic carbocycles. The molecule has 2 aliphatic rings. The van der Waals surface area contributed by atoms with E-state index in [-0.39, 0.29) is 11.9 Å². The summed E-state index contributed by atoms with van der Waals surface area (Å²) in [4.78, 5) is 20.1. The first kappa shape index (κ1) is 16.3. The number of rotatable bonds is 4. The largest absolute Gasteiger partial charge is 0.497 e. The summed E-state index contributed by atoms with van der Waals surface area (Å²) < 4.78 is 5.29. The number of carbonyl (C=O) groups is 1. The molecule has 2 heterocycles. The first-order chi connectivity index (χ1) is 11.1. The molecular weight excluding hydrogens is 292 g/mol. The van der Waals surface area contributed by atoms with Gasteiger partial charge in [-0.25, -0.2) is 0 Å². The summed E-state index contributed by atoms with van der Waals surface area (Å²) in [7, 11) is 3.39. The molecule has 1 amide bonds. The molecule has 0 spiro atoms. The number of piperidine rings is 1. The van der Waals surface area contributed by atoms with E-state index in [4.69, 9.17) is 9.57 Å². The van der Waals surface area contributed by atoms with Gasteiger partial charge in [0.25, 0.3) is 0 Å². The number of benzene rings is 1. The van der Waals surface area contributed by atoms with Gasteiger partial charge in [0.1, 0.15) is 5.75 Å². The summed E-state index contributed by atoms with van der Waals surface area (Å²) in [5, 5.41) is 1.97. The minimum atomic E-state index is 0.226. The molecule has 0 bridgehead atoms. The lowest BCUT2D eigenvalue weighted by Gasteiger charge is -2.31. The van der Waals surface area contributed by atoms with E-state index in [9.17, 15) is 4.79 Å². The normalized spacial score (nSPS) is 22.2. The number of methoxy groups -OCH3 is 1. The van der Waals surface area contributed by atoms with Gasteiger partial charge in [0.2, 0.25) is 5.91 Å². The van der Waals surface area contributed by atoms with Crippen LogP contribution >= 0.6 is 0 Å². The second kappa shape index (κ2) is 6.89. The van der Waals surface area contributed by atoms with Gasteiger partial charge in [-0.15, -0.1) is 0 Å². The number of amides is 1. The first-order valence-corrected chi connectivity index (χ1v) is 8.40. The van der Waals surface area contributed by atoms with Crippen LogP contribution < -0.4 is 9.64 Å². The Bertz CT molecular complexity index is 567. The van der Waals surface area contributed by atoms with Gasteiger partial charge in [-0.2, -0.15) is 5.06 Å². The van der Waals surface area contributed by atoms with Crippen molar-refractivity contribution in [1.29, 1.82) is 0 Å². The molecule has 2 aliphatic heterocycles. The van der Waals surface area contributed by atoms with Gasteiger partial charge < -0.3 is 14.5 Å². The third kappa shape index (κ3) is 3.35. The molecule has 126 valence electrons. The Kier molecular flexibility index (Phi) is 4.87. The fraction of sp³-hybridized carbons (Fsp3) is 0.611. The minimum Gasteiger partial charge on any atom is -0.497 e. The molecule has 0 saturated carbocycles. The van der Waals surface area contributed by atoms with Gasteiger partial charge in [-0.3, -0.25) is 4.79 Å². The van der Waals surface area contributed by atoms with Gasteiger partial charge in [0, 0.05) is 31.2 Å². The van der Waals surface area contributed by atoms with E-state index in [1.165, 1.54) is 5.56 Å². The van der Waals surface area contributed by atoms with Crippen LogP contribution in [0.2, 0.25) is 0 Å². The number of hydrogen-bond acceptors (Lipinski definition) is 4. The van der Waals surface area contributed by atoms with Crippen LogP contribution in [0.5, 0.6) is 5.75 Å². The molecule has 1 saturated heterocycles. The Balaban J connectivity index is 1.66. The maximum absolute atomic E-state index is 12.8. The fourth-order valence-electron chi connectivity index (χ4n) is 3.76. The van der Waals surface area contributed by atoms with Crippen LogP contribution in [0.3, 0.4) is 0 Å². The highest BCUT2D eigenvalue weighted by atomic mass is 16.7. The van der Waals surface area contributed by atoms with Crippen molar-refractivity contribution >= 4 is 11.6 Å². The van der Waals surface area contributed by atoms with Gasteiger partial charge in [0.15, 0.2) is 0 Å². The third-order valence-corrected chi connectivity index (χ3v) is 5.07. The summed E-state index contributed by atoms with van der Waals surface area (Å²) in [6.45, 7) is 3.95. The Hall–Kier alpha value is -1.59. The summed E-state index contributed by atoms with van der Waals surface area (Å²) in [6.07, 6.45) is 3.59. The third-order valence-electron chi connectivity index (χ3n) is 5.07. The van der Waals surface area contributed by atoms with Gasteiger partial charge in [-0.05, 0) is 55.9 Å². The zero-order chi connectivity index (χ0) is 16.4. The molecule has 5 heteroatoms. The number of hydroxylamine groups is 2. The Morgan fingerprint density at radius 3 is 2.65 bits per heavy atom. The summed E-state index contributed by atoms with van der Waals surface area (Å²) >= 11 is 0. The van der Waals surface area contributed by atoms with E-state index in [1.807, 2.05) is 22.1 Å². The predicted molar refractivity (Wildman–Crippen MR) is 89.6 cm³/mol. The van der Waals surface area contributed by atoms with Crippen molar-refractivity contribution in [3.8, 4) is 5.75 Å². The first-order valence-electron chi connectivity index (χ1n) is 8.40. The Morgan fingerprint density at radius 1 is 1.26 bits per heavy atom. The van der Waals surface area contributed by atoms with Crippen molar-refractivity contribution in [2.24, 2.45) is 5.92 Å². The summed E-state index contributed by atoms with van der Waals surface area (Å²) in [5.41, 5.74) is 2.26. The molecule has 3 rings (SSSR count). The number of carbonyl (C=O) groups excluding carboxylic acids is 1. The van der Waals surface area contributed by atoms with Crippen LogP contribution in [0, 0.1) is 5.92 Å². The van der Waals surface area contributed by atoms with Crippen molar-refractivity contribution in [3.05, 3.63) is 23.8 Å². The van der Waals surface area contributed by atoms with E-state index in [0.29, 0.717) is 12.3 Å². The number of hydrogen-bond donors (Lipinski definition) is 0. The van der Waals surface area contributed by atoms with Crippen LogP contribution in [-0.2, 0) is 16.1 Å². The predicted octanol–water partition coefficient (Wildman–Crippen LogP) is 2.64. The standard InChI is InChI=1S/C18H26N2O3/c1-13-10-15-12-16(22-2)4-5-17(15)20(13)18(21)11-14-6-8-19(23-3)9-7-14/h4-5,12-14H,6-11H2,1-3H3. The van der Waals surface area contributed by atoms with Crippen LogP contribution in [0.1, 0.15) is 31.7 Å². The molecule has 0 aliphatic carbocycles. The number of nitrogens with zero attached hydrogens (tertiary/aromatic N) is 2. The maximum Gasteiger partial charge on any atom is 0.227 e. The van der Waals surface area contributed by atoms with Crippen molar-refractivity contribution in [3.63, 3.8) is 0 Å². The molecule has 23 heavy (non-hydrogen) atoms. The molecule has 0 N–H and O–H groups in total. The van der Waals surface area contributed by atoms with Gasteiger partial charge in [-0.1, -0.05) is 0 Å². The highest BCUT2D eigenvalue weighted by molar-refractivity contribution is 5.96. The fourth-order valence-corrected chi connectivity index (χ4v) is 3.76. The van der Waals surface area contributed by atoms with Gasteiger partial charge >= 0.3 is 0 Å². The SMILES string of the molecule is COc1ccc2c(c1)CC(C)N2C(=O)CC1CCN(OC)CC1. The molecule has 1 unspecified atom stereocenters. The minimum absolute atomic E-state index is 0.226. The van der Waals surface area contributed by atoms with E-state index in [1.54, 1.807) is 14.2 Å². The Labute approximate surface area is 138 Å². The average Bonchev–Trinajstić information content (AvgIpc) is 2.90. The molecule has 1 aromatic rings. The smallest absolute Gasteiger partial charge is 0.227 e. The quantitative estimate of drug-likeness (QED) is 0.856. The van der Waals surface area contributed by atoms with E-state index >= 15 is 0 Å². The number of ether oxygens (including phenoxy) is 1. The number of anilines is 1. The zero-order valence-corrected chi connectivity index (χ0v) is 14.2. The van der Waals surface area contributed by atoms with Crippen molar-refractivity contribution < 1.29 is 14.4 Å². The Morgan fingerprint density at radius 2 is 2.00 bits per heavy atom. The van der Waals surface area contributed by atoms with Crippen molar-refractivity contribution in [1.82, 2.24) is 5.06 Å². The molecule has 1 atom stereocenters. The highest BCUT2D eigenvalue weighted by Crippen LogP contribution is 2.36. The van der Waals surface area contributed by atoms with Crippen LogP contribution in [0.4, 0.5) is 5.69 Å². The van der Waals surface area contributed by atoms with Gasteiger partial charge in [0.05, 0.1) is 14.2 Å². The van der Waals surface area contributed by atoms with E-state index in [2.05, 4.69) is 13.0 Å². The summed E-state index contributed by atoms with van der Waals surface area (Å²) in [5.74, 6) is 1.57. The van der Waals surface area contributed by atoms with Crippen molar-refractivity contribution in [2.75, 3.05) is 32.2 Å². The van der Waals surface area contributed by atoms with Crippen molar-refractivity contribution in [2.45, 2.75) is 38.6 Å². The van der Waals surface area contributed by atoms with E-state index in [0.717, 1.165) is 43.8 Å². The highest BCUT2D eigenvalue weighted by Gasteiger charge is 2.32. The molecule has 5 nitrogen and oxygen atoms in total. The molecular formula is C18H26N2O3. The maximum atomic E-state index is 12.8. The molecule has 0 radical (unpaired) electrons. The van der Waals surface area contributed by atoms with Crippen LogP contribution in [0.25, 0.3) is 0 Å². The summed E-state index contributed by atoms with van der Waals surface area (Å²) in [6, 6.07) is 6.23. The lowest BCUT2D eigenvalue weighted by atomic mass is 9.93. The second-order valence-corrected chi connectivity index (χ2v) is 6.57. The van der Waals surface area contributed by atoms with Crippen LogP contribution in [-0.4, -0.2) is 44.3 Å². The number of fused-ring (bicyclic) bond motifs is 1. The molecule has 1 fully saturated rings.